The summed E-state index contributed by atoms with van der Waals surface area (Å²) in [5, 5.41) is 0. The molecule has 0 spiro atoms. The second-order valence-electron chi connectivity index (χ2n) is 7.66. The van der Waals surface area contributed by atoms with Gasteiger partial charge in [-0.05, 0) is 24.3 Å². The zero-order valence-electron chi connectivity index (χ0n) is 19.4. The van der Waals surface area contributed by atoms with Crippen LogP contribution in [-0.2, 0) is 38.1 Å². The molecule has 1 aliphatic heterocycles. The Labute approximate surface area is 207 Å². The van der Waals surface area contributed by atoms with Gasteiger partial charge < -0.3 is 23.7 Å². The number of rotatable bonds is 8. The van der Waals surface area contributed by atoms with E-state index in [1.54, 1.807) is 30.3 Å². The van der Waals surface area contributed by atoms with Gasteiger partial charge in [-0.15, -0.1) is 0 Å². The van der Waals surface area contributed by atoms with Gasteiger partial charge in [0.25, 0.3) is 0 Å². The van der Waals surface area contributed by atoms with Gasteiger partial charge in [0, 0.05) is 25.7 Å². The molecule has 9 nitrogen and oxygen atoms in total. The number of carbonyl (C=O) groups excluding carboxylic acids is 4. The first-order valence-corrected chi connectivity index (χ1v) is 11.7. The number of carbonyl (C=O) groups is 4. The van der Waals surface area contributed by atoms with Crippen LogP contribution in [0.2, 0.25) is 0 Å². The number of esters is 4. The van der Waals surface area contributed by atoms with Crippen LogP contribution in [0.5, 0.6) is 0 Å². The molecule has 35 heavy (non-hydrogen) atoms. The van der Waals surface area contributed by atoms with Crippen molar-refractivity contribution >= 4 is 35.6 Å². The molecule has 2 aromatic carbocycles. The topological polar surface area (TPSA) is 114 Å². The van der Waals surface area contributed by atoms with Gasteiger partial charge >= 0.3 is 23.9 Å². The quantitative estimate of drug-likeness (QED) is 0.394. The third kappa shape index (κ3) is 7.56. The van der Waals surface area contributed by atoms with E-state index in [9.17, 15) is 19.2 Å². The van der Waals surface area contributed by atoms with E-state index in [4.69, 9.17) is 23.7 Å². The van der Waals surface area contributed by atoms with Gasteiger partial charge in [0.15, 0.2) is 18.3 Å². The normalized spacial score (nSPS) is 23.6. The van der Waals surface area contributed by atoms with Crippen LogP contribution in [0.3, 0.4) is 0 Å². The summed E-state index contributed by atoms with van der Waals surface area (Å²) in [7, 11) is 0. The molecule has 0 saturated carbocycles. The second kappa shape index (κ2) is 12.4. The first-order chi connectivity index (χ1) is 16.7. The fraction of sp³-hybridized carbons (Fsp3) is 0.360. The molecule has 10 heteroatoms. The monoisotopic (exact) mass is 502 g/mol. The molecule has 0 bridgehead atoms. The minimum atomic E-state index is -1.22. The summed E-state index contributed by atoms with van der Waals surface area (Å²) in [6, 6.07) is 17.5. The van der Waals surface area contributed by atoms with Gasteiger partial charge in [0.2, 0.25) is 0 Å². The molecule has 5 atom stereocenters. The molecule has 1 saturated heterocycles. The molecular formula is C25H26O9S. The van der Waals surface area contributed by atoms with Gasteiger partial charge in [-0.3, -0.25) is 14.4 Å². The summed E-state index contributed by atoms with van der Waals surface area (Å²) in [4.78, 5) is 49.2. The Morgan fingerprint density at radius 2 is 1.31 bits per heavy atom. The van der Waals surface area contributed by atoms with E-state index in [1.165, 1.54) is 32.5 Å². The molecule has 186 valence electrons. The van der Waals surface area contributed by atoms with E-state index in [1.807, 2.05) is 30.3 Å². The molecule has 0 aliphatic carbocycles. The van der Waals surface area contributed by atoms with Crippen molar-refractivity contribution in [3.63, 3.8) is 0 Å². The van der Waals surface area contributed by atoms with E-state index in [0.29, 0.717) is 0 Å². The number of hydrogen-bond donors (Lipinski definition) is 0. The van der Waals surface area contributed by atoms with Crippen molar-refractivity contribution in [2.45, 2.75) is 55.5 Å². The van der Waals surface area contributed by atoms with Crippen molar-refractivity contribution < 1.29 is 42.9 Å². The molecule has 1 heterocycles. The molecule has 0 unspecified atom stereocenters. The summed E-state index contributed by atoms with van der Waals surface area (Å²) in [6.45, 7) is 3.34. The molecule has 0 amide bonds. The SMILES string of the molecule is CC(=O)OC[C@H]1O[C@@H](Sc2ccccc2)[C@H](OC(=O)c2ccccc2)[C@@H](OC(C)=O)[C@H]1OC(C)=O. The minimum Gasteiger partial charge on any atom is -0.463 e. The highest BCUT2D eigenvalue weighted by Crippen LogP contribution is 2.37. The highest BCUT2D eigenvalue weighted by atomic mass is 32.2. The lowest BCUT2D eigenvalue weighted by Gasteiger charge is -2.44. The maximum absolute atomic E-state index is 13.0. The van der Waals surface area contributed by atoms with Crippen molar-refractivity contribution in [2.24, 2.45) is 0 Å². The first-order valence-electron chi connectivity index (χ1n) is 10.9. The lowest BCUT2D eigenvalue weighted by atomic mass is 9.99. The summed E-state index contributed by atoms with van der Waals surface area (Å²) in [6.07, 6.45) is -4.56. The molecular weight excluding hydrogens is 476 g/mol. The Morgan fingerprint density at radius 3 is 1.89 bits per heavy atom. The van der Waals surface area contributed by atoms with Gasteiger partial charge in [-0.25, -0.2) is 4.79 Å². The van der Waals surface area contributed by atoms with Crippen molar-refractivity contribution in [2.75, 3.05) is 6.61 Å². The van der Waals surface area contributed by atoms with Crippen LogP contribution < -0.4 is 0 Å². The molecule has 1 fully saturated rings. The number of thioether (sulfide) groups is 1. The maximum Gasteiger partial charge on any atom is 0.338 e. The molecule has 2 aromatic rings. The number of ether oxygens (including phenoxy) is 5. The predicted octanol–water partition coefficient (Wildman–Crippen LogP) is 3.16. The minimum absolute atomic E-state index is 0.268. The van der Waals surface area contributed by atoms with Crippen molar-refractivity contribution in [3.8, 4) is 0 Å². The van der Waals surface area contributed by atoms with E-state index < -0.39 is 53.7 Å². The summed E-state index contributed by atoms with van der Waals surface area (Å²) in [5.41, 5.74) is -0.606. The average Bonchev–Trinajstić information content (AvgIpc) is 2.82. The van der Waals surface area contributed by atoms with Gasteiger partial charge in [0.05, 0.1) is 5.56 Å². The Hall–Kier alpha value is -3.37. The number of benzene rings is 2. The van der Waals surface area contributed by atoms with E-state index >= 15 is 0 Å². The van der Waals surface area contributed by atoms with Crippen LogP contribution in [-0.4, -0.2) is 60.3 Å². The van der Waals surface area contributed by atoms with Crippen LogP contribution in [0.25, 0.3) is 0 Å². The van der Waals surface area contributed by atoms with E-state index in [0.717, 1.165) is 4.90 Å². The third-order valence-corrected chi connectivity index (χ3v) is 6.05. The summed E-state index contributed by atoms with van der Waals surface area (Å²) in [5.74, 6) is -2.59. The summed E-state index contributed by atoms with van der Waals surface area (Å²) >= 11 is 1.23. The predicted molar refractivity (Wildman–Crippen MR) is 124 cm³/mol. The van der Waals surface area contributed by atoms with Crippen molar-refractivity contribution in [1.29, 1.82) is 0 Å². The third-order valence-electron chi connectivity index (χ3n) is 4.89. The first kappa shape index (κ1) is 26.2. The highest BCUT2D eigenvalue weighted by Gasteiger charge is 2.52. The largest absolute Gasteiger partial charge is 0.463 e. The Kier molecular flexibility index (Phi) is 9.27. The van der Waals surface area contributed by atoms with Gasteiger partial charge in [0.1, 0.15) is 18.1 Å². The molecule has 0 radical (unpaired) electrons. The van der Waals surface area contributed by atoms with Crippen molar-refractivity contribution in [1.82, 2.24) is 0 Å². The van der Waals surface area contributed by atoms with Crippen LogP contribution >= 0.6 is 11.8 Å². The zero-order valence-corrected chi connectivity index (χ0v) is 20.3. The van der Waals surface area contributed by atoms with E-state index in [2.05, 4.69) is 0 Å². The lowest BCUT2D eigenvalue weighted by molar-refractivity contribution is -0.231. The highest BCUT2D eigenvalue weighted by molar-refractivity contribution is 7.99. The Morgan fingerprint density at radius 1 is 0.743 bits per heavy atom. The molecule has 1 aliphatic rings. The van der Waals surface area contributed by atoms with E-state index in [-0.39, 0.29) is 12.2 Å². The van der Waals surface area contributed by atoms with Crippen molar-refractivity contribution in [3.05, 3.63) is 66.2 Å². The Bertz CT molecular complexity index is 1030. The fourth-order valence-electron chi connectivity index (χ4n) is 3.49. The fourth-order valence-corrected chi connectivity index (χ4v) is 4.62. The van der Waals surface area contributed by atoms with Gasteiger partial charge in [-0.1, -0.05) is 48.2 Å². The average molecular weight is 503 g/mol. The van der Waals surface area contributed by atoms with Crippen LogP contribution in [0.15, 0.2) is 65.6 Å². The summed E-state index contributed by atoms with van der Waals surface area (Å²) < 4.78 is 28.0. The Balaban J connectivity index is 2.00. The lowest BCUT2D eigenvalue weighted by Crippen LogP contribution is -2.61. The second-order valence-corrected chi connectivity index (χ2v) is 8.83. The smallest absolute Gasteiger partial charge is 0.338 e. The molecule has 0 N–H and O–H groups in total. The van der Waals surface area contributed by atoms with Crippen LogP contribution in [0, 0.1) is 0 Å². The van der Waals surface area contributed by atoms with Gasteiger partial charge in [-0.2, -0.15) is 0 Å². The zero-order chi connectivity index (χ0) is 25.4. The van der Waals surface area contributed by atoms with Crippen LogP contribution in [0.4, 0.5) is 0 Å². The maximum atomic E-state index is 13.0. The molecule has 0 aromatic heterocycles. The standard InChI is InChI=1S/C25H26O9S/c1-15(26)30-14-20-21(31-16(2)27)22(32-17(3)28)23(34-24(29)18-10-6-4-7-11-18)25(33-20)35-19-12-8-5-9-13-19/h4-13,20-23,25H,14H2,1-3H3/t20-,21+,22+,23-,25+/m1/s1. The number of hydrogen-bond acceptors (Lipinski definition) is 10. The molecule has 3 rings (SSSR count). The van der Waals surface area contributed by atoms with Crippen LogP contribution in [0.1, 0.15) is 31.1 Å².